The number of aryl methyl sites for hydroxylation is 1. The molecule has 6 nitrogen and oxygen atoms in total. The van der Waals surface area contributed by atoms with Gasteiger partial charge in [0.1, 0.15) is 5.69 Å². The third-order valence-corrected chi connectivity index (χ3v) is 2.95. The molecule has 2 N–H and O–H groups in total. The molecule has 0 saturated heterocycles. The van der Waals surface area contributed by atoms with E-state index in [9.17, 15) is 4.79 Å². The lowest BCUT2D eigenvalue weighted by atomic mass is 10.1. The summed E-state index contributed by atoms with van der Waals surface area (Å²) in [5.74, 6) is -0.288. The number of aromatic nitrogens is 4. The predicted octanol–water partition coefficient (Wildman–Crippen LogP) is 2.43. The zero-order valence-electron chi connectivity index (χ0n) is 11.4. The molecule has 0 bridgehead atoms. The van der Waals surface area contributed by atoms with Crippen molar-refractivity contribution in [2.45, 2.75) is 6.92 Å². The third kappa shape index (κ3) is 2.94. The quantitative estimate of drug-likeness (QED) is 0.771. The van der Waals surface area contributed by atoms with E-state index < -0.39 is 0 Å². The topological polar surface area (TPSA) is 83.6 Å². The Morgan fingerprint density at radius 1 is 1.19 bits per heavy atom. The average Bonchev–Trinajstić information content (AvgIpc) is 3.02. The van der Waals surface area contributed by atoms with Gasteiger partial charge in [0.2, 0.25) is 0 Å². The molecule has 2 heterocycles. The molecule has 0 aliphatic heterocycles. The first-order valence-electron chi connectivity index (χ1n) is 6.42. The maximum atomic E-state index is 12.1. The van der Waals surface area contributed by atoms with E-state index in [2.05, 4.69) is 25.5 Å². The minimum absolute atomic E-state index is 0.285. The highest BCUT2D eigenvalue weighted by atomic mass is 16.1. The largest absolute Gasteiger partial charge is 0.321 e. The summed E-state index contributed by atoms with van der Waals surface area (Å²) in [6, 6.07) is 9.36. The highest BCUT2D eigenvalue weighted by Gasteiger charge is 2.08. The maximum absolute atomic E-state index is 12.1. The number of H-pyrrole nitrogens is 1. The van der Waals surface area contributed by atoms with Gasteiger partial charge in [-0.2, -0.15) is 5.10 Å². The van der Waals surface area contributed by atoms with Gasteiger partial charge < -0.3 is 5.32 Å². The number of aromatic amines is 1. The summed E-state index contributed by atoms with van der Waals surface area (Å²) in [5.41, 5.74) is 3.58. The zero-order chi connectivity index (χ0) is 14.7. The molecule has 1 amide bonds. The molecule has 3 aromatic rings. The Balaban J connectivity index is 1.80. The van der Waals surface area contributed by atoms with E-state index in [4.69, 9.17) is 0 Å². The second-order valence-corrected chi connectivity index (χ2v) is 4.55. The van der Waals surface area contributed by atoms with Gasteiger partial charge in [-0.15, -0.1) is 0 Å². The smallest absolute Gasteiger partial charge is 0.275 e. The van der Waals surface area contributed by atoms with Crippen molar-refractivity contribution in [3.8, 4) is 11.3 Å². The first-order chi connectivity index (χ1) is 10.2. The number of carbonyl (C=O) groups excluding carboxylic acids is 1. The lowest BCUT2D eigenvalue weighted by Crippen LogP contribution is -2.14. The predicted molar refractivity (Wildman–Crippen MR) is 78.7 cm³/mol. The van der Waals surface area contributed by atoms with Crippen molar-refractivity contribution in [2.75, 3.05) is 5.32 Å². The Hall–Kier alpha value is -3.02. The van der Waals surface area contributed by atoms with Crippen molar-refractivity contribution in [1.29, 1.82) is 0 Å². The third-order valence-electron chi connectivity index (χ3n) is 2.95. The van der Waals surface area contributed by atoms with Crippen LogP contribution in [0.4, 0.5) is 5.69 Å². The van der Waals surface area contributed by atoms with Crippen LogP contribution in [-0.2, 0) is 0 Å². The highest BCUT2D eigenvalue weighted by molar-refractivity contribution is 6.02. The number of rotatable bonds is 3. The molecule has 0 atom stereocenters. The zero-order valence-corrected chi connectivity index (χ0v) is 11.4. The molecule has 0 unspecified atom stereocenters. The van der Waals surface area contributed by atoms with Gasteiger partial charge in [-0.3, -0.25) is 14.9 Å². The van der Waals surface area contributed by atoms with Crippen LogP contribution >= 0.6 is 0 Å². The molecule has 1 aromatic carbocycles. The first-order valence-corrected chi connectivity index (χ1v) is 6.42. The minimum atomic E-state index is -0.288. The fraction of sp³-hybridized carbons (Fsp3) is 0.0667. The summed E-state index contributed by atoms with van der Waals surface area (Å²) in [6.45, 7) is 1.82. The van der Waals surface area contributed by atoms with E-state index in [0.717, 1.165) is 17.0 Å². The summed E-state index contributed by atoms with van der Waals surface area (Å²) < 4.78 is 0. The second kappa shape index (κ2) is 5.54. The van der Waals surface area contributed by atoms with E-state index >= 15 is 0 Å². The summed E-state index contributed by atoms with van der Waals surface area (Å²) in [5, 5.41) is 9.61. The summed E-state index contributed by atoms with van der Waals surface area (Å²) in [7, 11) is 0. The van der Waals surface area contributed by atoms with Crippen molar-refractivity contribution >= 4 is 11.6 Å². The molecule has 0 radical (unpaired) electrons. The number of anilines is 1. The van der Waals surface area contributed by atoms with Crippen LogP contribution in [0.5, 0.6) is 0 Å². The van der Waals surface area contributed by atoms with Crippen LogP contribution in [0.25, 0.3) is 11.3 Å². The molecule has 0 aliphatic carbocycles. The molecule has 21 heavy (non-hydrogen) atoms. The Labute approximate surface area is 121 Å². The van der Waals surface area contributed by atoms with Crippen LogP contribution in [-0.4, -0.2) is 26.1 Å². The van der Waals surface area contributed by atoms with Crippen molar-refractivity contribution < 1.29 is 4.79 Å². The lowest BCUT2D eigenvalue weighted by molar-refractivity contribution is 0.102. The maximum Gasteiger partial charge on any atom is 0.275 e. The van der Waals surface area contributed by atoms with E-state index in [1.807, 2.05) is 37.3 Å². The Morgan fingerprint density at radius 3 is 2.81 bits per heavy atom. The van der Waals surface area contributed by atoms with Crippen molar-refractivity contribution in [3.63, 3.8) is 0 Å². The molecular weight excluding hydrogens is 266 g/mol. The van der Waals surface area contributed by atoms with Crippen molar-refractivity contribution in [1.82, 2.24) is 20.2 Å². The Morgan fingerprint density at radius 2 is 2.10 bits per heavy atom. The monoisotopic (exact) mass is 279 g/mol. The molecule has 104 valence electrons. The second-order valence-electron chi connectivity index (χ2n) is 4.55. The molecule has 3 rings (SSSR count). The fourth-order valence-corrected chi connectivity index (χ4v) is 1.89. The van der Waals surface area contributed by atoms with Gasteiger partial charge in [-0.25, -0.2) is 4.98 Å². The van der Waals surface area contributed by atoms with Gasteiger partial charge >= 0.3 is 0 Å². The highest BCUT2D eigenvalue weighted by Crippen LogP contribution is 2.20. The molecule has 2 aromatic heterocycles. The van der Waals surface area contributed by atoms with E-state index in [1.165, 1.54) is 6.20 Å². The van der Waals surface area contributed by atoms with Crippen LogP contribution in [0.1, 0.15) is 16.2 Å². The van der Waals surface area contributed by atoms with Crippen LogP contribution in [0.2, 0.25) is 0 Å². The van der Waals surface area contributed by atoms with E-state index in [-0.39, 0.29) is 11.6 Å². The van der Waals surface area contributed by atoms with Gasteiger partial charge in [0.15, 0.2) is 0 Å². The first kappa shape index (κ1) is 13.0. The standard InChI is InChI=1S/C15H13N5O/c1-10-8-17-14(9-16-10)15(21)19-12-4-2-3-11(7-12)13-5-6-18-20-13/h2-9H,1H3,(H,18,20)(H,19,21). The van der Waals surface area contributed by atoms with Crippen LogP contribution in [0, 0.1) is 6.92 Å². The molecule has 6 heteroatoms. The lowest BCUT2D eigenvalue weighted by Gasteiger charge is -2.06. The molecule has 0 fully saturated rings. The van der Waals surface area contributed by atoms with Gasteiger partial charge in [0.25, 0.3) is 5.91 Å². The average molecular weight is 279 g/mol. The van der Waals surface area contributed by atoms with Crippen LogP contribution in [0.15, 0.2) is 48.9 Å². The van der Waals surface area contributed by atoms with Crippen molar-refractivity contribution in [3.05, 3.63) is 60.3 Å². The van der Waals surface area contributed by atoms with Crippen LogP contribution in [0.3, 0.4) is 0 Å². The molecule has 0 spiro atoms. The fourth-order valence-electron chi connectivity index (χ4n) is 1.89. The summed E-state index contributed by atoms with van der Waals surface area (Å²) in [6.07, 6.45) is 4.71. The number of nitrogens with zero attached hydrogens (tertiary/aromatic N) is 3. The number of hydrogen-bond acceptors (Lipinski definition) is 4. The molecule has 0 saturated carbocycles. The normalized spacial score (nSPS) is 10.3. The number of nitrogens with one attached hydrogen (secondary N) is 2. The molecular formula is C15H13N5O. The Bertz CT molecular complexity index is 750. The van der Waals surface area contributed by atoms with Gasteiger partial charge in [-0.1, -0.05) is 12.1 Å². The number of amides is 1. The minimum Gasteiger partial charge on any atom is -0.321 e. The van der Waals surface area contributed by atoms with Gasteiger partial charge in [0, 0.05) is 23.6 Å². The summed E-state index contributed by atoms with van der Waals surface area (Å²) in [4.78, 5) is 20.2. The van der Waals surface area contributed by atoms with Gasteiger partial charge in [0.05, 0.1) is 17.6 Å². The van der Waals surface area contributed by atoms with E-state index in [0.29, 0.717) is 5.69 Å². The van der Waals surface area contributed by atoms with Crippen LogP contribution < -0.4 is 5.32 Å². The number of carbonyl (C=O) groups is 1. The Kier molecular flexibility index (Phi) is 3.42. The SMILES string of the molecule is Cc1cnc(C(=O)Nc2cccc(-c3ccn[nH]3)c2)cn1. The number of hydrogen-bond donors (Lipinski definition) is 2. The number of benzene rings is 1. The van der Waals surface area contributed by atoms with Crippen molar-refractivity contribution in [2.24, 2.45) is 0 Å². The molecule has 0 aliphatic rings. The van der Waals surface area contributed by atoms with Gasteiger partial charge in [-0.05, 0) is 25.1 Å². The summed E-state index contributed by atoms with van der Waals surface area (Å²) >= 11 is 0. The van der Waals surface area contributed by atoms with E-state index in [1.54, 1.807) is 12.4 Å².